The lowest BCUT2D eigenvalue weighted by molar-refractivity contribution is -0.143. The molecule has 0 rings (SSSR count). The van der Waals surface area contributed by atoms with Crippen LogP contribution in [0.5, 0.6) is 0 Å². The molecule has 0 aromatic heterocycles. The number of aliphatic hydroxyl groups excluding tert-OH is 3. The zero-order valence-corrected chi connectivity index (χ0v) is 19.9. The van der Waals surface area contributed by atoms with Gasteiger partial charge in [-0.3, -0.25) is 14.5 Å². The molecule has 0 atom stereocenters. The van der Waals surface area contributed by atoms with Crippen LogP contribution in [0.2, 0.25) is 0 Å². The van der Waals surface area contributed by atoms with E-state index in [0.717, 1.165) is 12.8 Å². The standard InChI is InChI=1S/C17H33NO3.C6H15NO3/c1-3-4-5-6-7-8-9-10-11-12-13-14-16(19)18(2)15-17(20)21;8-4-1-7(2-5-9)3-6-10/h3-15H2,1-2H3,(H,20,21);8-10H,1-6H2. The molecule has 0 radical (unpaired) electrons. The second-order valence-corrected chi connectivity index (χ2v) is 7.94. The summed E-state index contributed by atoms with van der Waals surface area (Å²) in [4.78, 5) is 25.2. The van der Waals surface area contributed by atoms with Crippen molar-refractivity contribution in [2.75, 3.05) is 53.0 Å². The Morgan fingerprint density at radius 2 is 1.06 bits per heavy atom. The van der Waals surface area contributed by atoms with Crippen molar-refractivity contribution in [2.45, 2.75) is 84.0 Å². The average molecular weight is 449 g/mol. The van der Waals surface area contributed by atoms with E-state index in [4.69, 9.17) is 20.4 Å². The van der Waals surface area contributed by atoms with E-state index in [2.05, 4.69) is 6.92 Å². The summed E-state index contributed by atoms with van der Waals surface area (Å²) >= 11 is 0. The zero-order valence-electron chi connectivity index (χ0n) is 19.9. The lowest BCUT2D eigenvalue weighted by Crippen LogP contribution is -2.32. The fraction of sp³-hybridized carbons (Fsp3) is 0.913. The molecule has 0 aliphatic carbocycles. The molecule has 0 heterocycles. The van der Waals surface area contributed by atoms with Crippen LogP contribution in [0.15, 0.2) is 0 Å². The Morgan fingerprint density at radius 3 is 1.42 bits per heavy atom. The molecule has 0 aromatic rings. The van der Waals surface area contributed by atoms with Crippen molar-refractivity contribution in [3.63, 3.8) is 0 Å². The van der Waals surface area contributed by atoms with Crippen molar-refractivity contribution < 1.29 is 30.0 Å². The van der Waals surface area contributed by atoms with E-state index < -0.39 is 5.97 Å². The summed E-state index contributed by atoms with van der Waals surface area (Å²) in [6.45, 7) is 3.80. The van der Waals surface area contributed by atoms with Crippen LogP contribution in [0.25, 0.3) is 0 Å². The van der Waals surface area contributed by atoms with E-state index in [1.807, 2.05) is 0 Å². The predicted octanol–water partition coefficient (Wildman–Crippen LogP) is 2.50. The number of nitrogens with zero attached hydrogens (tertiary/aromatic N) is 2. The van der Waals surface area contributed by atoms with Crippen LogP contribution in [0, 0.1) is 0 Å². The van der Waals surface area contributed by atoms with Crippen LogP contribution in [-0.4, -0.2) is 95.1 Å². The van der Waals surface area contributed by atoms with Gasteiger partial charge in [0.1, 0.15) is 6.54 Å². The molecular formula is C23H48N2O6. The normalized spacial score (nSPS) is 10.6. The van der Waals surface area contributed by atoms with Gasteiger partial charge in [-0.15, -0.1) is 0 Å². The van der Waals surface area contributed by atoms with E-state index in [0.29, 0.717) is 26.1 Å². The SMILES string of the molecule is CCCCCCCCCCCCCC(=O)N(C)CC(=O)O.OCCN(CCO)CCO. The molecule has 1 amide bonds. The van der Waals surface area contributed by atoms with Crippen LogP contribution < -0.4 is 0 Å². The largest absolute Gasteiger partial charge is 0.480 e. The minimum atomic E-state index is -0.954. The maximum Gasteiger partial charge on any atom is 0.323 e. The highest BCUT2D eigenvalue weighted by atomic mass is 16.4. The molecule has 0 aliphatic heterocycles. The van der Waals surface area contributed by atoms with Crippen molar-refractivity contribution in [2.24, 2.45) is 0 Å². The Kier molecular flexibility index (Phi) is 25.8. The first-order chi connectivity index (χ1) is 14.9. The molecule has 4 N–H and O–H groups in total. The van der Waals surface area contributed by atoms with Gasteiger partial charge in [0.25, 0.3) is 0 Å². The van der Waals surface area contributed by atoms with Crippen LogP contribution in [-0.2, 0) is 9.59 Å². The number of carbonyl (C=O) groups excluding carboxylic acids is 1. The molecule has 8 nitrogen and oxygen atoms in total. The van der Waals surface area contributed by atoms with Gasteiger partial charge in [0.05, 0.1) is 19.8 Å². The van der Waals surface area contributed by atoms with Crippen LogP contribution in [0.1, 0.15) is 84.0 Å². The Morgan fingerprint density at radius 1 is 0.677 bits per heavy atom. The molecule has 8 heteroatoms. The first-order valence-corrected chi connectivity index (χ1v) is 11.9. The summed E-state index contributed by atoms with van der Waals surface area (Å²) in [6, 6.07) is 0. The average Bonchev–Trinajstić information content (AvgIpc) is 2.72. The quantitative estimate of drug-likeness (QED) is 0.211. The van der Waals surface area contributed by atoms with E-state index in [1.54, 1.807) is 11.9 Å². The lowest BCUT2D eigenvalue weighted by atomic mass is 10.1. The van der Waals surface area contributed by atoms with Crippen LogP contribution in [0.4, 0.5) is 0 Å². The number of carboxylic acid groups (broad SMARTS) is 1. The summed E-state index contributed by atoms with van der Waals surface area (Å²) in [5, 5.41) is 34.1. The summed E-state index contributed by atoms with van der Waals surface area (Å²) in [6.07, 6.45) is 14.3. The highest BCUT2D eigenvalue weighted by molar-refractivity contribution is 5.80. The van der Waals surface area contributed by atoms with Gasteiger partial charge in [-0.25, -0.2) is 0 Å². The highest BCUT2D eigenvalue weighted by Crippen LogP contribution is 2.12. The maximum atomic E-state index is 11.6. The zero-order chi connectivity index (χ0) is 23.7. The number of hydrogen-bond donors (Lipinski definition) is 4. The molecule has 186 valence electrons. The summed E-state index contributed by atoms with van der Waals surface area (Å²) in [5.74, 6) is -1.02. The van der Waals surface area contributed by atoms with E-state index in [9.17, 15) is 9.59 Å². The monoisotopic (exact) mass is 448 g/mol. The van der Waals surface area contributed by atoms with Crippen molar-refractivity contribution in [3.05, 3.63) is 0 Å². The van der Waals surface area contributed by atoms with Crippen molar-refractivity contribution in [1.82, 2.24) is 9.80 Å². The smallest absolute Gasteiger partial charge is 0.323 e. The number of carbonyl (C=O) groups is 2. The Labute approximate surface area is 189 Å². The third-order valence-electron chi connectivity index (χ3n) is 5.04. The van der Waals surface area contributed by atoms with Gasteiger partial charge in [-0.2, -0.15) is 0 Å². The molecule has 31 heavy (non-hydrogen) atoms. The number of aliphatic carboxylic acids is 1. The first-order valence-electron chi connectivity index (χ1n) is 11.9. The minimum Gasteiger partial charge on any atom is -0.480 e. The first kappa shape index (κ1) is 32.0. The molecule has 0 fully saturated rings. The fourth-order valence-electron chi connectivity index (χ4n) is 3.18. The molecule has 0 spiro atoms. The number of amides is 1. The van der Waals surface area contributed by atoms with Gasteiger partial charge in [-0.05, 0) is 6.42 Å². The molecule has 0 unspecified atom stereocenters. The number of hydrogen-bond acceptors (Lipinski definition) is 6. The highest BCUT2D eigenvalue weighted by Gasteiger charge is 2.11. The predicted molar refractivity (Wildman–Crippen MR) is 124 cm³/mol. The number of likely N-dealkylation sites (N-methyl/N-ethyl adjacent to an activating group) is 1. The number of carboxylic acids is 1. The second kappa shape index (κ2) is 25.0. The van der Waals surface area contributed by atoms with Gasteiger partial charge >= 0.3 is 5.97 Å². The Balaban J connectivity index is 0. The van der Waals surface area contributed by atoms with Crippen molar-refractivity contribution in [1.29, 1.82) is 0 Å². The van der Waals surface area contributed by atoms with Crippen LogP contribution in [0.3, 0.4) is 0 Å². The van der Waals surface area contributed by atoms with Gasteiger partial charge in [0.2, 0.25) is 5.91 Å². The number of aliphatic hydroxyl groups is 3. The van der Waals surface area contributed by atoms with E-state index >= 15 is 0 Å². The molecule has 0 bridgehead atoms. The lowest BCUT2D eigenvalue weighted by Gasteiger charge is -2.17. The second-order valence-electron chi connectivity index (χ2n) is 7.94. The van der Waals surface area contributed by atoms with Gasteiger partial charge in [-0.1, -0.05) is 71.1 Å². The van der Waals surface area contributed by atoms with Gasteiger partial charge in [0, 0.05) is 33.1 Å². The third kappa shape index (κ3) is 24.9. The van der Waals surface area contributed by atoms with Crippen molar-refractivity contribution in [3.8, 4) is 0 Å². The molecule has 0 aliphatic rings. The molecule has 0 aromatic carbocycles. The van der Waals surface area contributed by atoms with E-state index in [1.165, 1.54) is 62.7 Å². The summed E-state index contributed by atoms with van der Waals surface area (Å²) in [7, 11) is 1.55. The summed E-state index contributed by atoms with van der Waals surface area (Å²) < 4.78 is 0. The molecule has 0 saturated heterocycles. The fourth-order valence-corrected chi connectivity index (χ4v) is 3.18. The molecule has 0 saturated carbocycles. The van der Waals surface area contributed by atoms with Crippen LogP contribution >= 0.6 is 0 Å². The van der Waals surface area contributed by atoms with Gasteiger partial charge < -0.3 is 25.3 Å². The third-order valence-corrected chi connectivity index (χ3v) is 5.04. The molecular weight excluding hydrogens is 400 g/mol. The Bertz CT molecular complexity index is 395. The Hall–Kier alpha value is -1.22. The minimum absolute atomic E-state index is 0.0617. The summed E-state index contributed by atoms with van der Waals surface area (Å²) in [5.41, 5.74) is 0. The maximum absolute atomic E-state index is 11.6. The van der Waals surface area contributed by atoms with Gasteiger partial charge in [0.15, 0.2) is 0 Å². The van der Waals surface area contributed by atoms with E-state index in [-0.39, 0.29) is 32.3 Å². The topological polar surface area (TPSA) is 122 Å². The number of unbranched alkanes of at least 4 members (excludes halogenated alkanes) is 10. The number of rotatable bonds is 20. The van der Waals surface area contributed by atoms with Crippen molar-refractivity contribution >= 4 is 11.9 Å².